The zero-order valence-corrected chi connectivity index (χ0v) is 8.44. The van der Waals surface area contributed by atoms with Crippen LogP contribution in [0.4, 0.5) is 0 Å². The van der Waals surface area contributed by atoms with Crippen molar-refractivity contribution in [2.75, 3.05) is 0 Å². The summed E-state index contributed by atoms with van der Waals surface area (Å²) in [6.45, 7) is 1.74. The standard InChI is InChI=1S/C11H14N2O2/c1-6(12)11(15)10-5-7-4-8(14)2-3-9(7)13-10/h2-6,11,13-15H,12H2,1H3. The Kier molecular flexibility index (Phi) is 2.38. The molecular weight excluding hydrogens is 192 g/mol. The zero-order chi connectivity index (χ0) is 11.0. The van der Waals surface area contributed by atoms with Crippen LogP contribution in [0.1, 0.15) is 18.7 Å². The fourth-order valence-corrected chi connectivity index (χ4v) is 1.59. The minimum Gasteiger partial charge on any atom is -0.508 e. The van der Waals surface area contributed by atoms with Crippen molar-refractivity contribution < 1.29 is 10.2 Å². The summed E-state index contributed by atoms with van der Waals surface area (Å²) in [5.41, 5.74) is 7.15. The number of nitrogens with two attached hydrogens (primary N) is 1. The molecule has 0 aliphatic heterocycles. The van der Waals surface area contributed by atoms with Crippen LogP contribution in [0, 0.1) is 0 Å². The SMILES string of the molecule is CC(N)C(O)c1cc2cc(O)ccc2[nH]1. The van der Waals surface area contributed by atoms with Gasteiger partial charge in [0.1, 0.15) is 11.9 Å². The molecule has 0 aliphatic rings. The molecule has 2 aromatic rings. The molecular formula is C11H14N2O2. The van der Waals surface area contributed by atoms with Crippen LogP contribution in [0.25, 0.3) is 10.9 Å². The second-order valence-electron chi connectivity index (χ2n) is 3.80. The lowest BCUT2D eigenvalue weighted by molar-refractivity contribution is 0.149. The van der Waals surface area contributed by atoms with Gasteiger partial charge in [-0.1, -0.05) is 0 Å². The van der Waals surface area contributed by atoms with E-state index in [1.165, 1.54) is 0 Å². The number of phenolic OH excluding ortho intramolecular Hbond substituents is 1. The Hall–Kier alpha value is -1.52. The smallest absolute Gasteiger partial charge is 0.116 e. The molecule has 1 heterocycles. The first kappa shape index (κ1) is 10.0. The van der Waals surface area contributed by atoms with Gasteiger partial charge in [0.25, 0.3) is 0 Å². The number of aliphatic hydroxyl groups excluding tert-OH is 1. The number of aromatic amines is 1. The molecule has 15 heavy (non-hydrogen) atoms. The first-order valence-electron chi connectivity index (χ1n) is 4.83. The van der Waals surface area contributed by atoms with Crippen LogP contribution in [0.2, 0.25) is 0 Å². The van der Waals surface area contributed by atoms with Crippen molar-refractivity contribution in [2.45, 2.75) is 19.1 Å². The Balaban J connectivity index is 2.47. The Morgan fingerprint density at radius 1 is 1.33 bits per heavy atom. The molecule has 0 saturated heterocycles. The van der Waals surface area contributed by atoms with Crippen molar-refractivity contribution in [2.24, 2.45) is 5.73 Å². The number of rotatable bonds is 2. The monoisotopic (exact) mass is 206 g/mol. The number of fused-ring (bicyclic) bond motifs is 1. The zero-order valence-electron chi connectivity index (χ0n) is 8.44. The predicted molar refractivity (Wildman–Crippen MR) is 58.6 cm³/mol. The molecule has 0 fully saturated rings. The van der Waals surface area contributed by atoms with Crippen molar-refractivity contribution in [3.63, 3.8) is 0 Å². The van der Waals surface area contributed by atoms with Crippen LogP contribution in [-0.2, 0) is 0 Å². The maximum absolute atomic E-state index is 9.75. The van der Waals surface area contributed by atoms with Gasteiger partial charge < -0.3 is 20.9 Å². The summed E-state index contributed by atoms with van der Waals surface area (Å²) in [6, 6.07) is 6.47. The van der Waals surface area contributed by atoms with Crippen LogP contribution in [0.5, 0.6) is 5.75 Å². The van der Waals surface area contributed by atoms with E-state index in [0.29, 0.717) is 5.69 Å². The average molecular weight is 206 g/mol. The first-order chi connectivity index (χ1) is 7.08. The van der Waals surface area contributed by atoms with Gasteiger partial charge in [0.05, 0.1) is 0 Å². The van der Waals surface area contributed by atoms with Crippen LogP contribution in [-0.4, -0.2) is 21.2 Å². The number of phenols is 1. The second kappa shape index (κ2) is 3.56. The van der Waals surface area contributed by atoms with E-state index >= 15 is 0 Å². The highest BCUT2D eigenvalue weighted by Crippen LogP contribution is 2.24. The second-order valence-corrected chi connectivity index (χ2v) is 3.80. The van der Waals surface area contributed by atoms with Gasteiger partial charge in [0, 0.05) is 22.6 Å². The summed E-state index contributed by atoms with van der Waals surface area (Å²) in [6.07, 6.45) is -0.709. The largest absolute Gasteiger partial charge is 0.508 e. The minimum absolute atomic E-state index is 0.211. The van der Waals surface area contributed by atoms with Crippen molar-refractivity contribution >= 4 is 10.9 Å². The Morgan fingerprint density at radius 3 is 2.73 bits per heavy atom. The number of aromatic hydroxyl groups is 1. The maximum atomic E-state index is 9.75. The summed E-state index contributed by atoms with van der Waals surface area (Å²) < 4.78 is 0. The van der Waals surface area contributed by atoms with Gasteiger partial charge in [0.2, 0.25) is 0 Å². The maximum Gasteiger partial charge on any atom is 0.116 e. The number of hydrogen-bond acceptors (Lipinski definition) is 3. The lowest BCUT2D eigenvalue weighted by Crippen LogP contribution is -2.24. The quantitative estimate of drug-likeness (QED) is 0.597. The molecule has 80 valence electrons. The van der Waals surface area contributed by atoms with Crippen LogP contribution in [0.15, 0.2) is 24.3 Å². The average Bonchev–Trinajstić information content (AvgIpc) is 2.58. The molecule has 2 unspecified atom stereocenters. The van der Waals surface area contributed by atoms with E-state index in [0.717, 1.165) is 10.9 Å². The molecule has 2 atom stereocenters. The normalized spacial score (nSPS) is 15.4. The van der Waals surface area contributed by atoms with Crippen LogP contribution in [0.3, 0.4) is 0 Å². The van der Waals surface area contributed by atoms with Crippen molar-refractivity contribution in [3.05, 3.63) is 30.0 Å². The summed E-state index contributed by atoms with van der Waals surface area (Å²) in [7, 11) is 0. The third-order valence-electron chi connectivity index (χ3n) is 2.44. The van der Waals surface area contributed by atoms with Crippen LogP contribution < -0.4 is 5.73 Å². The molecule has 1 aromatic carbocycles. The van der Waals surface area contributed by atoms with E-state index in [2.05, 4.69) is 4.98 Å². The number of benzene rings is 1. The highest BCUT2D eigenvalue weighted by Gasteiger charge is 2.14. The molecule has 0 radical (unpaired) electrons. The molecule has 0 spiro atoms. The molecule has 2 rings (SSSR count). The van der Waals surface area contributed by atoms with Gasteiger partial charge in [-0.2, -0.15) is 0 Å². The third kappa shape index (κ3) is 1.82. The van der Waals surface area contributed by atoms with Crippen molar-refractivity contribution in [3.8, 4) is 5.75 Å². The summed E-state index contributed by atoms with van der Waals surface area (Å²) in [5, 5.41) is 19.9. The van der Waals surface area contributed by atoms with Crippen molar-refractivity contribution in [1.29, 1.82) is 0 Å². The van der Waals surface area contributed by atoms with Crippen LogP contribution >= 0.6 is 0 Å². The van der Waals surface area contributed by atoms with E-state index in [1.54, 1.807) is 31.2 Å². The molecule has 0 saturated carbocycles. The highest BCUT2D eigenvalue weighted by molar-refractivity contribution is 5.81. The molecule has 4 heteroatoms. The summed E-state index contributed by atoms with van der Waals surface area (Å²) in [5.74, 6) is 0.211. The molecule has 0 aliphatic carbocycles. The van der Waals surface area contributed by atoms with Gasteiger partial charge in [-0.25, -0.2) is 0 Å². The number of aromatic nitrogens is 1. The van der Waals surface area contributed by atoms with E-state index in [1.807, 2.05) is 0 Å². The van der Waals surface area contributed by atoms with Gasteiger partial charge in [-0.3, -0.25) is 0 Å². The first-order valence-corrected chi connectivity index (χ1v) is 4.83. The van der Waals surface area contributed by atoms with E-state index in [4.69, 9.17) is 5.73 Å². The number of hydrogen-bond donors (Lipinski definition) is 4. The number of nitrogens with one attached hydrogen (secondary N) is 1. The van der Waals surface area contributed by atoms with E-state index < -0.39 is 6.10 Å². The lowest BCUT2D eigenvalue weighted by atomic mass is 10.1. The Morgan fingerprint density at radius 2 is 2.07 bits per heavy atom. The fourth-order valence-electron chi connectivity index (χ4n) is 1.59. The minimum atomic E-state index is -0.709. The van der Waals surface area contributed by atoms with Gasteiger partial charge in [0.15, 0.2) is 0 Å². The lowest BCUT2D eigenvalue weighted by Gasteiger charge is -2.11. The van der Waals surface area contributed by atoms with E-state index in [9.17, 15) is 10.2 Å². The summed E-state index contributed by atoms with van der Waals surface area (Å²) >= 11 is 0. The number of H-pyrrole nitrogens is 1. The molecule has 4 nitrogen and oxygen atoms in total. The number of aliphatic hydroxyl groups is 1. The highest BCUT2D eigenvalue weighted by atomic mass is 16.3. The van der Waals surface area contributed by atoms with Crippen molar-refractivity contribution in [1.82, 2.24) is 4.98 Å². The predicted octanol–water partition coefficient (Wildman–Crippen LogP) is 1.25. The molecule has 5 N–H and O–H groups in total. The van der Waals surface area contributed by atoms with E-state index in [-0.39, 0.29) is 11.8 Å². The van der Waals surface area contributed by atoms with Gasteiger partial charge >= 0.3 is 0 Å². The summed E-state index contributed by atoms with van der Waals surface area (Å²) in [4.78, 5) is 3.06. The molecule has 1 aromatic heterocycles. The Bertz CT molecular complexity index is 476. The molecule has 0 bridgehead atoms. The third-order valence-corrected chi connectivity index (χ3v) is 2.44. The molecule has 0 amide bonds. The topological polar surface area (TPSA) is 82.3 Å². The Labute approximate surface area is 87.3 Å². The van der Waals surface area contributed by atoms with Gasteiger partial charge in [-0.15, -0.1) is 0 Å². The van der Waals surface area contributed by atoms with Gasteiger partial charge in [-0.05, 0) is 31.2 Å². The fraction of sp³-hybridized carbons (Fsp3) is 0.273.